The second-order valence-electron chi connectivity index (χ2n) is 5.48. The summed E-state index contributed by atoms with van der Waals surface area (Å²) in [6.45, 7) is 5.52. The number of nitrogens with zero attached hydrogens (tertiary/aromatic N) is 3. The number of anilines is 1. The molecular weight excluding hydrogens is 314 g/mol. The molecule has 1 aromatic heterocycles. The molecule has 0 spiro atoms. The van der Waals surface area contributed by atoms with Gasteiger partial charge < -0.3 is 9.64 Å². The highest BCUT2D eigenvalue weighted by atomic mass is 35.5. The van der Waals surface area contributed by atoms with E-state index in [1.54, 1.807) is 6.92 Å². The maximum atomic E-state index is 12.0. The zero-order chi connectivity index (χ0) is 16.4. The molecule has 0 unspecified atom stereocenters. The van der Waals surface area contributed by atoms with Gasteiger partial charge in [0.2, 0.25) is 0 Å². The molecule has 1 aromatic carbocycles. The third-order valence-corrected chi connectivity index (χ3v) is 4.24. The van der Waals surface area contributed by atoms with Crippen molar-refractivity contribution in [2.75, 3.05) is 18.1 Å². The van der Waals surface area contributed by atoms with Crippen LogP contribution in [0.25, 0.3) is 0 Å². The fourth-order valence-corrected chi connectivity index (χ4v) is 3.07. The minimum absolute atomic E-state index is 0.327. The topological polar surface area (TPSA) is 55.3 Å². The molecule has 1 aliphatic heterocycles. The first-order valence-corrected chi connectivity index (χ1v) is 7.99. The Labute approximate surface area is 140 Å². The lowest BCUT2D eigenvalue weighted by atomic mass is 9.99. The van der Waals surface area contributed by atoms with Crippen molar-refractivity contribution in [3.63, 3.8) is 0 Å². The van der Waals surface area contributed by atoms with Gasteiger partial charge in [0, 0.05) is 23.7 Å². The van der Waals surface area contributed by atoms with Gasteiger partial charge in [0.25, 0.3) is 0 Å². The Morgan fingerprint density at radius 2 is 2.17 bits per heavy atom. The van der Waals surface area contributed by atoms with E-state index in [9.17, 15) is 4.79 Å². The monoisotopic (exact) mass is 331 g/mol. The van der Waals surface area contributed by atoms with E-state index in [-0.39, 0.29) is 0 Å². The predicted octanol–water partition coefficient (Wildman–Crippen LogP) is 3.18. The Bertz CT molecular complexity index is 749. The number of fused-ring (bicyclic) bond motifs is 1. The Morgan fingerprint density at radius 3 is 2.96 bits per heavy atom. The third-order valence-electron chi connectivity index (χ3n) is 4.01. The second kappa shape index (κ2) is 6.54. The number of aromatic nitrogens is 2. The molecule has 3 rings (SSSR count). The summed E-state index contributed by atoms with van der Waals surface area (Å²) in [5.41, 5.74) is 3.58. The molecule has 0 amide bonds. The number of rotatable bonds is 3. The van der Waals surface area contributed by atoms with Crippen LogP contribution in [-0.4, -0.2) is 29.1 Å². The second-order valence-corrected chi connectivity index (χ2v) is 5.91. The molecule has 2 heterocycles. The van der Waals surface area contributed by atoms with Gasteiger partial charge in [-0.3, -0.25) is 0 Å². The van der Waals surface area contributed by atoms with E-state index in [4.69, 9.17) is 16.3 Å². The molecule has 0 radical (unpaired) electrons. The fraction of sp³-hybridized carbons (Fsp3) is 0.353. The lowest BCUT2D eigenvalue weighted by molar-refractivity contribution is 0.0518. The number of ether oxygens (including phenoxy) is 1. The van der Waals surface area contributed by atoms with E-state index in [2.05, 4.69) is 20.9 Å². The Hall–Kier alpha value is -2.14. The van der Waals surface area contributed by atoms with Gasteiger partial charge in [-0.2, -0.15) is 0 Å². The van der Waals surface area contributed by atoms with Crippen molar-refractivity contribution in [2.45, 2.75) is 26.8 Å². The number of esters is 1. The van der Waals surface area contributed by atoms with Crippen LogP contribution in [0.3, 0.4) is 0 Å². The Morgan fingerprint density at radius 1 is 1.35 bits per heavy atom. The standard InChI is InChI=1S/C17H18ClN3O2/c1-3-23-17(22)15-11(2)16(20-10-19-15)21-7-6-12-4-5-14(18)8-13(12)9-21/h4-5,8,10H,3,6-7,9H2,1-2H3. The van der Waals surface area contributed by atoms with E-state index < -0.39 is 5.97 Å². The number of hydrogen-bond donors (Lipinski definition) is 0. The molecule has 0 fully saturated rings. The van der Waals surface area contributed by atoms with Crippen LogP contribution in [0.2, 0.25) is 5.02 Å². The lowest BCUT2D eigenvalue weighted by Crippen LogP contribution is -2.32. The van der Waals surface area contributed by atoms with E-state index in [1.807, 2.05) is 19.1 Å². The first-order valence-electron chi connectivity index (χ1n) is 7.61. The van der Waals surface area contributed by atoms with Gasteiger partial charge in [-0.25, -0.2) is 14.8 Å². The molecule has 120 valence electrons. The normalized spacial score (nSPS) is 13.6. The molecule has 23 heavy (non-hydrogen) atoms. The Balaban J connectivity index is 1.91. The third kappa shape index (κ3) is 3.15. The van der Waals surface area contributed by atoms with E-state index in [1.165, 1.54) is 17.5 Å². The molecule has 0 saturated heterocycles. The lowest BCUT2D eigenvalue weighted by Gasteiger charge is -2.31. The summed E-state index contributed by atoms with van der Waals surface area (Å²) in [5, 5.41) is 0.734. The molecule has 0 atom stereocenters. The average molecular weight is 332 g/mol. The van der Waals surface area contributed by atoms with Crippen molar-refractivity contribution in [1.29, 1.82) is 0 Å². The number of hydrogen-bond acceptors (Lipinski definition) is 5. The Kier molecular flexibility index (Phi) is 4.48. The molecule has 0 N–H and O–H groups in total. The molecular formula is C17H18ClN3O2. The summed E-state index contributed by atoms with van der Waals surface area (Å²) in [6.07, 6.45) is 2.34. The quantitative estimate of drug-likeness (QED) is 0.808. The number of benzene rings is 1. The van der Waals surface area contributed by atoms with Crippen LogP contribution in [0, 0.1) is 6.92 Å². The summed E-state index contributed by atoms with van der Waals surface area (Å²) in [4.78, 5) is 22.6. The molecule has 2 aromatic rings. The highest BCUT2D eigenvalue weighted by Crippen LogP contribution is 2.28. The number of halogens is 1. The van der Waals surface area contributed by atoms with Gasteiger partial charge in [-0.15, -0.1) is 0 Å². The zero-order valence-corrected chi connectivity index (χ0v) is 13.9. The van der Waals surface area contributed by atoms with Crippen molar-refractivity contribution in [3.05, 3.63) is 51.9 Å². The fourth-order valence-electron chi connectivity index (χ4n) is 2.87. The van der Waals surface area contributed by atoms with Crippen LogP contribution >= 0.6 is 11.6 Å². The van der Waals surface area contributed by atoms with Crippen molar-refractivity contribution in [3.8, 4) is 0 Å². The summed E-state index contributed by atoms with van der Waals surface area (Å²) < 4.78 is 5.06. The van der Waals surface area contributed by atoms with Gasteiger partial charge in [0.05, 0.1) is 6.61 Å². The van der Waals surface area contributed by atoms with Crippen LogP contribution in [0.4, 0.5) is 5.82 Å². The minimum Gasteiger partial charge on any atom is -0.461 e. The van der Waals surface area contributed by atoms with Crippen LogP contribution in [0.5, 0.6) is 0 Å². The summed E-state index contributed by atoms with van der Waals surface area (Å²) in [6, 6.07) is 5.99. The molecule has 0 saturated carbocycles. The maximum absolute atomic E-state index is 12.0. The number of carbonyl (C=O) groups excluding carboxylic acids is 1. The summed E-state index contributed by atoms with van der Waals surface area (Å²) >= 11 is 6.10. The maximum Gasteiger partial charge on any atom is 0.357 e. The molecule has 0 aliphatic carbocycles. The van der Waals surface area contributed by atoms with E-state index >= 15 is 0 Å². The van der Waals surface area contributed by atoms with Crippen molar-refractivity contribution < 1.29 is 9.53 Å². The van der Waals surface area contributed by atoms with Gasteiger partial charge in [-0.05, 0) is 43.5 Å². The summed E-state index contributed by atoms with van der Waals surface area (Å²) in [5.74, 6) is 0.364. The SMILES string of the molecule is CCOC(=O)c1ncnc(N2CCc3ccc(Cl)cc3C2)c1C. The van der Waals surface area contributed by atoms with Crippen LogP contribution < -0.4 is 4.90 Å². The van der Waals surface area contributed by atoms with Gasteiger partial charge in [0.15, 0.2) is 5.69 Å². The first kappa shape index (κ1) is 15.7. The molecule has 0 bridgehead atoms. The van der Waals surface area contributed by atoms with Crippen LogP contribution in [0.15, 0.2) is 24.5 Å². The van der Waals surface area contributed by atoms with Crippen molar-refractivity contribution in [2.24, 2.45) is 0 Å². The van der Waals surface area contributed by atoms with Crippen LogP contribution in [0.1, 0.15) is 34.1 Å². The van der Waals surface area contributed by atoms with Gasteiger partial charge in [0.1, 0.15) is 12.1 Å². The van der Waals surface area contributed by atoms with Crippen molar-refractivity contribution >= 4 is 23.4 Å². The predicted molar refractivity (Wildman–Crippen MR) is 88.9 cm³/mol. The number of carbonyl (C=O) groups is 1. The highest BCUT2D eigenvalue weighted by molar-refractivity contribution is 6.30. The largest absolute Gasteiger partial charge is 0.461 e. The van der Waals surface area contributed by atoms with Crippen molar-refractivity contribution in [1.82, 2.24) is 9.97 Å². The van der Waals surface area contributed by atoms with E-state index in [0.29, 0.717) is 12.3 Å². The minimum atomic E-state index is -0.408. The average Bonchev–Trinajstić information content (AvgIpc) is 2.54. The molecule has 5 nitrogen and oxygen atoms in total. The van der Waals surface area contributed by atoms with Gasteiger partial charge in [-0.1, -0.05) is 17.7 Å². The molecule has 6 heteroatoms. The highest BCUT2D eigenvalue weighted by Gasteiger charge is 2.22. The molecule has 1 aliphatic rings. The summed E-state index contributed by atoms with van der Waals surface area (Å²) in [7, 11) is 0. The van der Waals surface area contributed by atoms with E-state index in [0.717, 1.165) is 35.9 Å². The van der Waals surface area contributed by atoms with Crippen LogP contribution in [-0.2, 0) is 17.7 Å². The van der Waals surface area contributed by atoms with Gasteiger partial charge >= 0.3 is 5.97 Å². The smallest absolute Gasteiger partial charge is 0.357 e. The first-order chi connectivity index (χ1) is 11.1. The zero-order valence-electron chi connectivity index (χ0n) is 13.2.